The summed E-state index contributed by atoms with van der Waals surface area (Å²) in [5.41, 5.74) is 4.79. The second-order valence-corrected chi connectivity index (χ2v) is 5.42. The number of aromatic nitrogens is 2. The van der Waals surface area contributed by atoms with Crippen LogP contribution in [0, 0.1) is 0 Å². The smallest absolute Gasteiger partial charge is 0.0810 e. The molecule has 0 saturated carbocycles. The molecule has 2 atom stereocenters. The summed E-state index contributed by atoms with van der Waals surface area (Å²) in [7, 11) is 1.73. The van der Waals surface area contributed by atoms with Crippen LogP contribution < -0.4 is 0 Å². The van der Waals surface area contributed by atoms with Crippen LogP contribution in [0.5, 0.6) is 0 Å². The van der Waals surface area contributed by atoms with Gasteiger partial charge in [0.15, 0.2) is 0 Å². The lowest BCUT2D eigenvalue weighted by molar-refractivity contribution is 0.118. The molecule has 3 nitrogen and oxygen atoms in total. The van der Waals surface area contributed by atoms with Crippen molar-refractivity contribution in [2.75, 3.05) is 7.11 Å². The summed E-state index contributed by atoms with van der Waals surface area (Å²) >= 11 is 0. The lowest BCUT2D eigenvalue weighted by Gasteiger charge is -2.18. The highest BCUT2D eigenvalue weighted by Crippen LogP contribution is 2.31. The van der Waals surface area contributed by atoms with Crippen molar-refractivity contribution in [3.05, 3.63) is 65.6 Å². The summed E-state index contributed by atoms with van der Waals surface area (Å²) in [5, 5.41) is 1.25. The van der Waals surface area contributed by atoms with Gasteiger partial charge in [0.1, 0.15) is 0 Å². The van der Waals surface area contributed by atoms with E-state index in [1.165, 1.54) is 22.2 Å². The highest BCUT2D eigenvalue weighted by Gasteiger charge is 2.18. The van der Waals surface area contributed by atoms with Crippen LogP contribution >= 0.6 is 0 Å². The van der Waals surface area contributed by atoms with Crippen LogP contribution in [0.2, 0.25) is 0 Å². The number of fused-ring (bicyclic) bond motifs is 1. The largest absolute Gasteiger partial charge is 0.377 e. The Kier molecular flexibility index (Phi) is 3.76. The number of methoxy groups -OCH3 is 1. The first-order valence-corrected chi connectivity index (χ1v) is 7.25. The third kappa shape index (κ3) is 2.57. The summed E-state index contributed by atoms with van der Waals surface area (Å²) in [4.78, 5) is 7.76. The highest BCUT2D eigenvalue weighted by molar-refractivity contribution is 5.80. The highest BCUT2D eigenvalue weighted by atomic mass is 16.5. The van der Waals surface area contributed by atoms with Crippen molar-refractivity contribution in [2.45, 2.75) is 25.9 Å². The number of nitrogens with one attached hydrogen (secondary N) is 1. The van der Waals surface area contributed by atoms with Crippen molar-refractivity contribution in [2.24, 2.45) is 0 Å². The molecule has 3 rings (SSSR count). The van der Waals surface area contributed by atoms with Gasteiger partial charge < -0.3 is 9.72 Å². The average molecular weight is 280 g/mol. The predicted octanol–water partition coefficient (Wildman–Crippen LogP) is 4.42. The molecule has 3 heteroatoms. The predicted molar refractivity (Wildman–Crippen MR) is 85.5 cm³/mol. The number of hydrogen-bond acceptors (Lipinski definition) is 2. The van der Waals surface area contributed by atoms with Crippen molar-refractivity contribution in [3.63, 3.8) is 0 Å². The Morgan fingerprint density at radius 3 is 2.67 bits per heavy atom. The number of rotatable bonds is 4. The van der Waals surface area contributed by atoms with Crippen molar-refractivity contribution >= 4 is 10.9 Å². The Bertz CT molecular complexity index is 715. The van der Waals surface area contributed by atoms with E-state index in [0.717, 1.165) is 5.56 Å². The maximum Gasteiger partial charge on any atom is 0.0810 e. The zero-order valence-corrected chi connectivity index (χ0v) is 12.6. The van der Waals surface area contributed by atoms with Crippen LogP contribution in [0.15, 0.2) is 48.8 Å². The topological polar surface area (TPSA) is 37.9 Å². The van der Waals surface area contributed by atoms with Crippen LogP contribution in [0.25, 0.3) is 10.9 Å². The Morgan fingerprint density at radius 2 is 1.90 bits per heavy atom. The molecule has 1 aromatic carbocycles. The molecule has 0 amide bonds. The number of ether oxygens (including phenoxy) is 1. The van der Waals surface area contributed by atoms with Gasteiger partial charge in [-0.2, -0.15) is 0 Å². The molecular formula is C18H20N2O. The second-order valence-electron chi connectivity index (χ2n) is 5.42. The fourth-order valence-corrected chi connectivity index (χ4v) is 2.78. The zero-order chi connectivity index (χ0) is 14.8. The lowest BCUT2D eigenvalue weighted by atomic mass is 9.92. The van der Waals surface area contributed by atoms with E-state index >= 15 is 0 Å². The van der Waals surface area contributed by atoms with E-state index in [4.69, 9.17) is 4.74 Å². The van der Waals surface area contributed by atoms with Crippen molar-refractivity contribution in [1.82, 2.24) is 9.97 Å². The average Bonchev–Trinajstić information content (AvgIpc) is 2.97. The maximum absolute atomic E-state index is 5.47. The third-order valence-corrected chi connectivity index (χ3v) is 4.16. The quantitative estimate of drug-likeness (QED) is 0.768. The lowest BCUT2D eigenvalue weighted by Crippen LogP contribution is -2.06. The summed E-state index contributed by atoms with van der Waals surface area (Å²) < 4.78 is 5.47. The van der Waals surface area contributed by atoms with Gasteiger partial charge in [-0.1, -0.05) is 25.1 Å². The second kappa shape index (κ2) is 5.70. The van der Waals surface area contributed by atoms with Crippen LogP contribution in [0.1, 0.15) is 42.7 Å². The molecule has 1 N–H and O–H groups in total. The zero-order valence-electron chi connectivity index (χ0n) is 12.6. The SMILES string of the molecule is COC(C)c1cnccc1C(C)c1cc2ccccc2[nH]1. The molecule has 0 aliphatic carbocycles. The summed E-state index contributed by atoms with van der Waals surface area (Å²) in [6.45, 7) is 4.27. The van der Waals surface area contributed by atoms with Gasteiger partial charge in [0.2, 0.25) is 0 Å². The number of aromatic amines is 1. The first kappa shape index (κ1) is 13.8. The molecule has 0 bridgehead atoms. The van der Waals surface area contributed by atoms with Gasteiger partial charge in [-0.05, 0) is 36.1 Å². The Morgan fingerprint density at radius 1 is 1.10 bits per heavy atom. The molecule has 2 aromatic heterocycles. The van der Waals surface area contributed by atoms with Gasteiger partial charge in [-0.25, -0.2) is 0 Å². The fourth-order valence-electron chi connectivity index (χ4n) is 2.78. The third-order valence-electron chi connectivity index (χ3n) is 4.16. The number of hydrogen-bond donors (Lipinski definition) is 1. The van der Waals surface area contributed by atoms with Crippen LogP contribution in [-0.2, 0) is 4.74 Å². The van der Waals surface area contributed by atoms with Gasteiger partial charge in [-0.15, -0.1) is 0 Å². The summed E-state index contributed by atoms with van der Waals surface area (Å²) in [5.74, 6) is 0.271. The molecule has 0 radical (unpaired) electrons. The summed E-state index contributed by atoms with van der Waals surface area (Å²) in [6, 6.07) is 12.7. The molecule has 21 heavy (non-hydrogen) atoms. The fraction of sp³-hybridized carbons (Fsp3) is 0.278. The van der Waals surface area contributed by atoms with E-state index in [2.05, 4.69) is 60.2 Å². The normalized spacial score (nSPS) is 14.2. The van der Waals surface area contributed by atoms with E-state index in [1.54, 1.807) is 7.11 Å². The molecule has 0 spiro atoms. The molecule has 3 aromatic rings. The van der Waals surface area contributed by atoms with Crippen LogP contribution in [0.3, 0.4) is 0 Å². The van der Waals surface area contributed by atoms with Gasteiger partial charge in [0, 0.05) is 42.2 Å². The first-order valence-electron chi connectivity index (χ1n) is 7.25. The van der Waals surface area contributed by atoms with Gasteiger partial charge in [-0.3, -0.25) is 4.98 Å². The van der Waals surface area contributed by atoms with Crippen molar-refractivity contribution in [3.8, 4) is 0 Å². The molecule has 2 heterocycles. The first-order chi connectivity index (χ1) is 10.2. The van der Waals surface area contributed by atoms with E-state index in [0.29, 0.717) is 0 Å². The number of para-hydroxylation sites is 1. The number of benzene rings is 1. The number of pyridine rings is 1. The Balaban J connectivity index is 2.03. The van der Waals surface area contributed by atoms with E-state index < -0.39 is 0 Å². The minimum Gasteiger partial charge on any atom is -0.377 e. The molecule has 0 fully saturated rings. The van der Waals surface area contributed by atoms with Crippen LogP contribution in [-0.4, -0.2) is 17.1 Å². The minimum absolute atomic E-state index is 0.0422. The standard InChI is InChI=1S/C18H20N2O/c1-12(15-8-9-19-11-16(15)13(2)21-3)18-10-14-6-4-5-7-17(14)20-18/h4-13,20H,1-3H3. The Hall–Kier alpha value is -2.13. The summed E-state index contributed by atoms with van der Waals surface area (Å²) in [6.07, 6.45) is 3.80. The Labute approximate surface area is 125 Å². The molecular weight excluding hydrogens is 260 g/mol. The molecule has 108 valence electrons. The molecule has 0 aliphatic heterocycles. The molecule has 2 unspecified atom stereocenters. The van der Waals surface area contributed by atoms with Gasteiger partial charge in [0.25, 0.3) is 0 Å². The van der Waals surface area contributed by atoms with Gasteiger partial charge in [0.05, 0.1) is 6.10 Å². The van der Waals surface area contributed by atoms with E-state index in [1.807, 2.05) is 12.4 Å². The monoisotopic (exact) mass is 280 g/mol. The van der Waals surface area contributed by atoms with Gasteiger partial charge >= 0.3 is 0 Å². The molecule has 0 aliphatic rings. The number of nitrogens with zero attached hydrogens (tertiary/aromatic N) is 1. The van der Waals surface area contributed by atoms with E-state index in [9.17, 15) is 0 Å². The minimum atomic E-state index is 0.0422. The van der Waals surface area contributed by atoms with E-state index in [-0.39, 0.29) is 12.0 Å². The van der Waals surface area contributed by atoms with Crippen LogP contribution in [0.4, 0.5) is 0 Å². The number of H-pyrrole nitrogens is 1. The van der Waals surface area contributed by atoms with Crippen molar-refractivity contribution in [1.29, 1.82) is 0 Å². The molecule has 0 saturated heterocycles. The van der Waals surface area contributed by atoms with Crippen molar-refractivity contribution < 1.29 is 4.74 Å². The maximum atomic E-state index is 5.47.